The number of hydrogen-bond donors (Lipinski definition) is 1. The molecule has 0 spiro atoms. The summed E-state index contributed by atoms with van der Waals surface area (Å²) in [5.74, 6) is 0.702. The van der Waals surface area contributed by atoms with Crippen molar-refractivity contribution in [3.63, 3.8) is 0 Å². The highest BCUT2D eigenvalue weighted by atomic mass is 79.9. The maximum Gasteiger partial charge on any atom is 0.0701 e. The molecule has 1 N–H and O–H groups in total. The van der Waals surface area contributed by atoms with Gasteiger partial charge in [-0.1, -0.05) is 0 Å². The Labute approximate surface area is 114 Å². The number of halogens is 1. The van der Waals surface area contributed by atoms with Crippen LogP contribution in [-0.2, 0) is 11.2 Å². The summed E-state index contributed by atoms with van der Waals surface area (Å²) in [7, 11) is 0. The molecular formula is C13H17BrO2S. The third kappa shape index (κ3) is 2.33. The van der Waals surface area contributed by atoms with E-state index in [2.05, 4.69) is 28.1 Å². The molecule has 2 nitrogen and oxygen atoms in total. The third-order valence-electron chi connectivity index (χ3n) is 4.02. The molecule has 2 heterocycles. The molecule has 94 valence electrons. The maximum absolute atomic E-state index is 9.84. The summed E-state index contributed by atoms with van der Waals surface area (Å²) >= 11 is 5.27. The van der Waals surface area contributed by atoms with Gasteiger partial charge in [-0.15, -0.1) is 11.3 Å². The Bertz CT molecular complexity index is 402. The molecule has 0 amide bonds. The molecule has 1 aromatic rings. The van der Waals surface area contributed by atoms with Crippen LogP contribution in [0.5, 0.6) is 0 Å². The fraction of sp³-hybridized carbons (Fsp3) is 0.692. The predicted octanol–water partition coefficient (Wildman–Crippen LogP) is 3.23. The van der Waals surface area contributed by atoms with Gasteiger partial charge in [0.25, 0.3) is 0 Å². The van der Waals surface area contributed by atoms with Gasteiger partial charge in [0, 0.05) is 16.9 Å². The Hall–Kier alpha value is 0.1000. The Morgan fingerprint density at radius 1 is 1.47 bits per heavy atom. The van der Waals surface area contributed by atoms with E-state index in [1.807, 2.05) is 0 Å². The van der Waals surface area contributed by atoms with Crippen molar-refractivity contribution < 1.29 is 9.84 Å². The van der Waals surface area contributed by atoms with E-state index in [1.54, 1.807) is 11.3 Å². The van der Waals surface area contributed by atoms with E-state index in [1.165, 1.54) is 21.5 Å². The third-order valence-corrected chi connectivity index (χ3v) is 5.64. The van der Waals surface area contributed by atoms with E-state index in [0.717, 1.165) is 19.4 Å². The van der Waals surface area contributed by atoms with Crippen LogP contribution in [0.1, 0.15) is 24.1 Å². The van der Waals surface area contributed by atoms with E-state index in [0.29, 0.717) is 5.92 Å². The van der Waals surface area contributed by atoms with Crippen molar-refractivity contribution in [1.29, 1.82) is 0 Å². The molecule has 2 fully saturated rings. The van der Waals surface area contributed by atoms with E-state index in [9.17, 15) is 5.11 Å². The zero-order chi connectivity index (χ0) is 11.9. The molecular weight excluding hydrogens is 300 g/mol. The second kappa shape index (κ2) is 4.65. The van der Waals surface area contributed by atoms with Crippen LogP contribution in [-0.4, -0.2) is 24.4 Å². The number of ether oxygens (including phenoxy) is 1. The molecule has 2 unspecified atom stereocenters. The number of hydrogen-bond acceptors (Lipinski definition) is 3. The van der Waals surface area contributed by atoms with Gasteiger partial charge in [0.15, 0.2) is 0 Å². The molecule has 1 aliphatic heterocycles. The van der Waals surface area contributed by atoms with Gasteiger partial charge in [-0.25, -0.2) is 0 Å². The largest absolute Gasteiger partial charge is 0.396 e. The molecule has 1 saturated heterocycles. The Morgan fingerprint density at radius 3 is 2.88 bits per heavy atom. The second-order valence-electron chi connectivity index (χ2n) is 5.28. The van der Waals surface area contributed by atoms with Crippen LogP contribution in [0, 0.1) is 11.3 Å². The van der Waals surface area contributed by atoms with Gasteiger partial charge in [0.05, 0.1) is 16.5 Å². The lowest BCUT2D eigenvalue weighted by atomic mass is 9.76. The highest BCUT2D eigenvalue weighted by Gasteiger charge is 2.50. The molecule has 0 bridgehead atoms. The average molecular weight is 317 g/mol. The summed E-state index contributed by atoms with van der Waals surface area (Å²) in [5.41, 5.74) is -0.0224. The van der Waals surface area contributed by atoms with Gasteiger partial charge >= 0.3 is 0 Å². The molecule has 2 aliphatic rings. The molecule has 1 saturated carbocycles. The predicted molar refractivity (Wildman–Crippen MR) is 72.3 cm³/mol. The van der Waals surface area contributed by atoms with Crippen LogP contribution in [0.4, 0.5) is 0 Å². The van der Waals surface area contributed by atoms with Crippen molar-refractivity contribution in [3.8, 4) is 0 Å². The summed E-state index contributed by atoms with van der Waals surface area (Å²) in [6.45, 7) is 1.07. The topological polar surface area (TPSA) is 29.5 Å². The molecule has 3 rings (SSSR count). The second-order valence-corrected chi connectivity index (χ2v) is 7.83. The van der Waals surface area contributed by atoms with Gasteiger partial charge in [-0.05, 0) is 59.7 Å². The van der Waals surface area contributed by atoms with Crippen molar-refractivity contribution in [2.45, 2.75) is 31.8 Å². The first-order valence-electron chi connectivity index (χ1n) is 6.20. The lowest BCUT2D eigenvalue weighted by molar-refractivity contribution is 0.000995. The van der Waals surface area contributed by atoms with Crippen LogP contribution in [0.2, 0.25) is 0 Å². The Kier molecular flexibility index (Phi) is 3.32. The van der Waals surface area contributed by atoms with Crippen molar-refractivity contribution in [1.82, 2.24) is 0 Å². The molecule has 1 aliphatic carbocycles. The minimum Gasteiger partial charge on any atom is -0.396 e. The molecule has 2 atom stereocenters. The molecule has 0 radical (unpaired) electrons. The van der Waals surface area contributed by atoms with Gasteiger partial charge in [-0.2, -0.15) is 0 Å². The normalized spacial score (nSPS) is 33.2. The van der Waals surface area contributed by atoms with Gasteiger partial charge in [-0.3, -0.25) is 0 Å². The summed E-state index contributed by atoms with van der Waals surface area (Å²) in [6, 6.07) is 4.25. The minimum absolute atomic E-state index is 0.0224. The smallest absolute Gasteiger partial charge is 0.0701 e. The fourth-order valence-electron chi connectivity index (χ4n) is 2.95. The number of aliphatic hydroxyl groups is 1. The Morgan fingerprint density at radius 2 is 2.29 bits per heavy atom. The molecule has 4 heteroatoms. The van der Waals surface area contributed by atoms with Crippen molar-refractivity contribution in [2.24, 2.45) is 11.3 Å². The van der Waals surface area contributed by atoms with E-state index < -0.39 is 0 Å². The van der Waals surface area contributed by atoms with E-state index in [4.69, 9.17) is 4.74 Å². The zero-order valence-electron chi connectivity index (χ0n) is 9.69. The van der Waals surface area contributed by atoms with Crippen molar-refractivity contribution >= 4 is 27.3 Å². The van der Waals surface area contributed by atoms with Gasteiger partial charge < -0.3 is 9.84 Å². The quantitative estimate of drug-likeness (QED) is 0.924. The van der Waals surface area contributed by atoms with Crippen LogP contribution >= 0.6 is 27.3 Å². The molecule has 1 aromatic heterocycles. The maximum atomic E-state index is 9.84. The van der Waals surface area contributed by atoms with Gasteiger partial charge in [0.1, 0.15) is 0 Å². The Balaban J connectivity index is 1.80. The van der Waals surface area contributed by atoms with E-state index in [-0.39, 0.29) is 18.1 Å². The molecule has 0 aromatic carbocycles. The number of rotatable bonds is 4. The van der Waals surface area contributed by atoms with Crippen LogP contribution in [0.25, 0.3) is 0 Å². The number of thiophene rings is 1. The van der Waals surface area contributed by atoms with Crippen LogP contribution in [0.3, 0.4) is 0 Å². The summed E-state index contributed by atoms with van der Waals surface area (Å²) in [4.78, 5) is 1.35. The molecule has 17 heavy (non-hydrogen) atoms. The SMILES string of the molecule is OCC1(Cc2ccc(Br)s2)CCOC1C1CC1. The summed E-state index contributed by atoms with van der Waals surface area (Å²) in [5, 5.41) is 9.84. The van der Waals surface area contributed by atoms with Crippen molar-refractivity contribution in [2.75, 3.05) is 13.2 Å². The standard InChI is InChI=1S/C13H17BrO2S/c14-11-4-3-10(17-11)7-13(8-15)5-6-16-12(13)9-1-2-9/h3-4,9,12,15H,1-2,5-8H2. The summed E-state index contributed by atoms with van der Waals surface area (Å²) in [6.07, 6.45) is 4.80. The summed E-state index contributed by atoms with van der Waals surface area (Å²) < 4.78 is 7.06. The minimum atomic E-state index is -0.0224. The first-order chi connectivity index (χ1) is 8.23. The van der Waals surface area contributed by atoms with Crippen LogP contribution in [0.15, 0.2) is 15.9 Å². The fourth-order valence-corrected chi connectivity index (χ4v) is 4.59. The van der Waals surface area contributed by atoms with E-state index >= 15 is 0 Å². The van der Waals surface area contributed by atoms with Crippen molar-refractivity contribution in [3.05, 3.63) is 20.8 Å². The first kappa shape index (κ1) is 12.2. The van der Waals surface area contributed by atoms with Gasteiger partial charge in [0.2, 0.25) is 0 Å². The number of aliphatic hydroxyl groups excluding tert-OH is 1. The average Bonchev–Trinajstić information content (AvgIpc) is 2.96. The van der Waals surface area contributed by atoms with Crippen LogP contribution < -0.4 is 0 Å². The highest BCUT2D eigenvalue weighted by molar-refractivity contribution is 9.11. The first-order valence-corrected chi connectivity index (χ1v) is 7.81. The lowest BCUT2D eigenvalue weighted by Gasteiger charge is -2.32. The highest BCUT2D eigenvalue weighted by Crippen LogP contribution is 2.49. The monoisotopic (exact) mass is 316 g/mol. The zero-order valence-corrected chi connectivity index (χ0v) is 12.1. The lowest BCUT2D eigenvalue weighted by Crippen LogP contribution is -2.38.